The van der Waals surface area contributed by atoms with E-state index in [0.29, 0.717) is 16.6 Å². The summed E-state index contributed by atoms with van der Waals surface area (Å²) in [5.41, 5.74) is 0.330. The fraction of sp³-hybridized carbons (Fsp3) is 0.462. The van der Waals surface area contributed by atoms with Crippen LogP contribution in [0, 0.1) is 5.82 Å². The van der Waals surface area contributed by atoms with Crippen LogP contribution in [-0.4, -0.2) is 24.0 Å². The van der Waals surface area contributed by atoms with Gasteiger partial charge in [-0.3, -0.25) is 0 Å². The van der Waals surface area contributed by atoms with E-state index in [0.717, 1.165) is 12.8 Å². The minimum Gasteiger partial charge on any atom is -0.331 e. The van der Waals surface area contributed by atoms with Crippen LogP contribution in [0.3, 0.4) is 0 Å². The molecule has 0 aliphatic heterocycles. The number of nitrogens with one attached hydrogen (secondary N) is 1. The van der Waals surface area contributed by atoms with Crippen LogP contribution in [0.15, 0.2) is 18.2 Å². The van der Waals surface area contributed by atoms with Crippen molar-refractivity contribution < 1.29 is 9.18 Å². The van der Waals surface area contributed by atoms with E-state index in [1.165, 1.54) is 6.07 Å². The molecule has 1 N–H and O–H groups in total. The molecule has 0 saturated heterocycles. The predicted octanol–water partition coefficient (Wildman–Crippen LogP) is 3.34. The number of benzene rings is 1. The average molecular weight is 271 g/mol. The van der Waals surface area contributed by atoms with E-state index >= 15 is 0 Å². The molecule has 18 heavy (non-hydrogen) atoms. The molecule has 0 spiro atoms. The highest BCUT2D eigenvalue weighted by Gasteiger charge is 2.30. The molecule has 2 rings (SSSR count). The fourth-order valence-corrected chi connectivity index (χ4v) is 2.24. The van der Waals surface area contributed by atoms with Crippen LogP contribution in [0.4, 0.5) is 9.18 Å². The maximum absolute atomic E-state index is 13.7. The molecule has 2 amide bonds. The lowest BCUT2D eigenvalue weighted by Crippen LogP contribution is -2.40. The summed E-state index contributed by atoms with van der Waals surface area (Å²) in [6.07, 6.45) is 2.08. The van der Waals surface area contributed by atoms with Gasteiger partial charge in [0, 0.05) is 23.7 Å². The quantitative estimate of drug-likeness (QED) is 0.898. The standard InChI is InChI=1S/C13H16ClFN2O/c1-8(12-10(14)4-3-5-11(12)15)16-13(18)17(2)9-6-7-9/h3-5,8-9H,6-7H2,1-2H3,(H,16,18)/t8-/m0/s1. The van der Waals surface area contributed by atoms with Crippen LogP contribution in [0.5, 0.6) is 0 Å². The lowest BCUT2D eigenvalue weighted by molar-refractivity contribution is 0.203. The Kier molecular flexibility index (Phi) is 3.76. The van der Waals surface area contributed by atoms with Gasteiger partial charge in [-0.1, -0.05) is 17.7 Å². The summed E-state index contributed by atoms with van der Waals surface area (Å²) in [6.45, 7) is 1.73. The van der Waals surface area contributed by atoms with Gasteiger partial charge in [-0.15, -0.1) is 0 Å². The Balaban J connectivity index is 2.07. The molecular formula is C13H16ClFN2O. The summed E-state index contributed by atoms with van der Waals surface area (Å²) in [4.78, 5) is 13.5. The van der Waals surface area contributed by atoms with Gasteiger partial charge in [0.1, 0.15) is 5.82 Å². The molecular weight excluding hydrogens is 255 g/mol. The largest absolute Gasteiger partial charge is 0.331 e. The summed E-state index contributed by atoms with van der Waals surface area (Å²) in [5, 5.41) is 3.09. The molecule has 1 aliphatic carbocycles. The molecule has 1 aromatic rings. The van der Waals surface area contributed by atoms with Gasteiger partial charge in [0.15, 0.2) is 0 Å². The highest BCUT2D eigenvalue weighted by Crippen LogP contribution is 2.28. The number of urea groups is 1. The van der Waals surface area contributed by atoms with Crippen molar-refractivity contribution in [2.75, 3.05) is 7.05 Å². The SMILES string of the molecule is C[C@H](NC(=O)N(C)C1CC1)c1c(F)cccc1Cl. The Hall–Kier alpha value is -1.29. The summed E-state index contributed by atoms with van der Waals surface area (Å²) in [5.74, 6) is -0.399. The zero-order valence-corrected chi connectivity index (χ0v) is 11.2. The minimum atomic E-state index is -0.451. The molecule has 0 unspecified atom stereocenters. The average Bonchev–Trinajstić information content (AvgIpc) is 3.11. The molecule has 5 heteroatoms. The first-order valence-corrected chi connectivity index (χ1v) is 6.35. The van der Waals surface area contributed by atoms with Crippen LogP contribution in [0.25, 0.3) is 0 Å². The number of amides is 2. The number of rotatable bonds is 3. The molecule has 0 aromatic heterocycles. The minimum absolute atomic E-state index is 0.190. The van der Waals surface area contributed by atoms with E-state index in [4.69, 9.17) is 11.6 Å². The number of halogens is 2. The van der Waals surface area contributed by atoms with Crippen molar-refractivity contribution in [1.29, 1.82) is 0 Å². The smallest absolute Gasteiger partial charge is 0.317 e. The lowest BCUT2D eigenvalue weighted by atomic mass is 10.1. The number of hydrogen-bond donors (Lipinski definition) is 1. The zero-order valence-electron chi connectivity index (χ0n) is 10.4. The molecule has 1 fully saturated rings. The summed E-state index contributed by atoms with van der Waals surface area (Å²) >= 11 is 5.96. The third-order valence-corrected chi connectivity index (χ3v) is 3.52. The first-order valence-electron chi connectivity index (χ1n) is 5.98. The van der Waals surface area contributed by atoms with E-state index in [2.05, 4.69) is 5.32 Å². The summed E-state index contributed by atoms with van der Waals surface area (Å²) < 4.78 is 13.7. The van der Waals surface area contributed by atoms with E-state index < -0.39 is 11.9 Å². The second-order valence-electron chi connectivity index (χ2n) is 4.65. The summed E-state index contributed by atoms with van der Waals surface area (Å²) in [7, 11) is 1.75. The van der Waals surface area contributed by atoms with Crippen molar-refractivity contribution >= 4 is 17.6 Å². The maximum Gasteiger partial charge on any atom is 0.317 e. The Morgan fingerprint density at radius 1 is 1.56 bits per heavy atom. The van der Waals surface area contributed by atoms with Gasteiger partial charge in [-0.25, -0.2) is 9.18 Å². The van der Waals surface area contributed by atoms with E-state index in [-0.39, 0.29) is 6.03 Å². The monoisotopic (exact) mass is 270 g/mol. The number of nitrogens with zero attached hydrogens (tertiary/aromatic N) is 1. The molecule has 1 saturated carbocycles. The number of hydrogen-bond acceptors (Lipinski definition) is 1. The maximum atomic E-state index is 13.7. The second-order valence-corrected chi connectivity index (χ2v) is 5.06. The van der Waals surface area contributed by atoms with Gasteiger partial charge in [-0.05, 0) is 31.9 Å². The Morgan fingerprint density at radius 2 is 2.22 bits per heavy atom. The Bertz CT molecular complexity index is 442. The lowest BCUT2D eigenvalue weighted by Gasteiger charge is -2.22. The summed E-state index contributed by atoms with van der Waals surface area (Å²) in [6, 6.07) is 4.19. The van der Waals surface area contributed by atoms with Gasteiger partial charge in [0.2, 0.25) is 0 Å². The molecule has 1 atom stereocenters. The molecule has 1 aliphatic rings. The normalized spacial score (nSPS) is 16.2. The highest BCUT2D eigenvalue weighted by atomic mass is 35.5. The van der Waals surface area contributed by atoms with Crippen molar-refractivity contribution in [3.05, 3.63) is 34.6 Å². The molecule has 98 valence electrons. The first-order chi connectivity index (χ1) is 8.50. The number of carbonyl (C=O) groups excluding carboxylic acids is 1. The van der Waals surface area contributed by atoms with Gasteiger partial charge in [0.25, 0.3) is 0 Å². The first kappa shape index (κ1) is 13.1. The molecule has 0 radical (unpaired) electrons. The number of carbonyl (C=O) groups is 1. The molecule has 3 nitrogen and oxygen atoms in total. The predicted molar refractivity (Wildman–Crippen MR) is 69.1 cm³/mol. The van der Waals surface area contributed by atoms with E-state index in [1.54, 1.807) is 31.0 Å². The Morgan fingerprint density at radius 3 is 2.78 bits per heavy atom. The van der Waals surface area contributed by atoms with E-state index in [9.17, 15) is 9.18 Å². The van der Waals surface area contributed by atoms with Gasteiger partial charge >= 0.3 is 6.03 Å². The van der Waals surface area contributed by atoms with Gasteiger partial charge in [0.05, 0.1) is 6.04 Å². The van der Waals surface area contributed by atoms with Crippen LogP contribution < -0.4 is 5.32 Å². The van der Waals surface area contributed by atoms with Gasteiger partial charge < -0.3 is 10.2 Å². The van der Waals surface area contributed by atoms with Crippen LogP contribution in [-0.2, 0) is 0 Å². The third-order valence-electron chi connectivity index (χ3n) is 3.19. The van der Waals surface area contributed by atoms with E-state index in [1.807, 2.05) is 0 Å². The highest BCUT2D eigenvalue weighted by molar-refractivity contribution is 6.31. The molecule has 0 bridgehead atoms. The van der Waals surface area contributed by atoms with Crippen LogP contribution in [0.2, 0.25) is 5.02 Å². The van der Waals surface area contributed by atoms with Crippen LogP contribution in [0.1, 0.15) is 31.4 Å². The molecule has 1 aromatic carbocycles. The third kappa shape index (κ3) is 2.75. The zero-order chi connectivity index (χ0) is 13.3. The fourth-order valence-electron chi connectivity index (χ4n) is 1.91. The van der Waals surface area contributed by atoms with Crippen molar-refractivity contribution in [1.82, 2.24) is 10.2 Å². The van der Waals surface area contributed by atoms with Crippen molar-refractivity contribution in [3.63, 3.8) is 0 Å². The van der Waals surface area contributed by atoms with Crippen molar-refractivity contribution in [2.45, 2.75) is 31.8 Å². The van der Waals surface area contributed by atoms with Crippen LogP contribution >= 0.6 is 11.6 Å². The van der Waals surface area contributed by atoms with Crippen molar-refractivity contribution in [3.8, 4) is 0 Å². The van der Waals surface area contributed by atoms with Gasteiger partial charge in [-0.2, -0.15) is 0 Å². The topological polar surface area (TPSA) is 32.3 Å². The molecule has 0 heterocycles. The Labute approximate surface area is 111 Å². The van der Waals surface area contributed by atoms with Crippen molar-refractivity contribution in [2.24, 2.45) is 0 Å². The second kappa shape index (κ2) is 5.14.